The first-order chi connectivity index (χ1) is 17.8. The van der Waals surface area contributed by atoms with Crippen LogP contribution in [0.25, 0.3) is 12.3 Å². The first-order valence-corrected chi connectivity index (χ1v) is 12.9. The monoisotopic (exact) mass is 502 g/mol. The van der Waals surface area contributed by atoms with Gasteiger partial charge in [-0.3, -0.25) is 9.28 Å². The van der Waals surface area contributed by atoms with Gasteiger partial charge in [-0.1, -0.05) is 31.2 Å². The third-order valence-corrected chi connectivity index (χ3v) is 6.54. The summed E-state index contributed by atoms with van der Waals surface area (Å²) in [5.74, 6) is 1.43. The molecule has 1 aromatic carbocycles. The van der Waals surface area contributed by atoms with Gasteiger partial charge in [0.15, 0.2) is 0 Å². The third-order valence-electron chi connectivity index (χ3n) is 6.54. The summed E-state index contributed by atoms with van der Waals surface area (Å²) in [7, 11) is 3.83. The normalized spacial score (nSPS) is 18.4. The summed E-state index contributed by atoms with van der Waals surface area (Å²) in [6, 6.07) is 7.88. The van der Waals surface area contributed by atoms with Crippen molar-refractivity contribution in [2.45, 2.75) is 46.6 Å². The minimum atomic E-state index is -0.0635. The molecule has 2 unspecified atom stereocenters. The number of hydrogen-bond donors (Lipinski definition) is 2. The third kappa shape index (κ3) is 7.89. The van der Waals surface area contributed by atoms with Crippen LogP contribution in [0.2, 0.25) is 0 Å². The van der Waals surface area contributed by atoms with Gasteiger partial charge in [-0.2, -0.15) is 0 Å². The molecule has 37 heavy (non-hydrogen) atoms. The van der Waals surface area contributed by atoms with Gasteiger partial charge in [-0.25, -0.2) is 9.97 Å². The quantitative estimate of drug-likeness (QED) is 0.270. The van der Waals surface area contributed by atoms with Gasteiger partial charge in [0, 0.05) is 5.69 Å². The molecular formula is C30H40N5O2+. The van der Waals surface area contributed by atoms with E-state index in [0.717, 1.165) is 63.1 Å². The van der Waals surface area contributed by atoms with E-state index in [1.807, 2.05) is 49.4 Å². The van der Waals surface area contributed by atoms with Crippen LogP contribution in [0, 0.1) is 0 Å². The molecule has 7 nitrogen and oxygen atoms in total. The number of carbonyl (C=O) groups is 1. The molecule has 196 valence electrons. The van der Waals surface area contributed by atoms with Crippen molar-refractivity contribution in [2.75, 3.05) is 37.9 Å². The molecule has 3 rings (SSSR count). The summed E-state index contributed by atoms with van der Waals surface area (Å²) in [4.78, 5) is 22.2. The van der Waals surface area contributed by atoms with E-state index >= 15 is 0 Å². The van der Waals surface area contributed by atoms with Crippen molar-refractivity contribution < 1.29 is 14.0 Å². The number of hydrogen-bond acceptors (Lipinski definition) is 5. The molecule has 0 fully saturated rings. The molecule has 2 atom stereocenters. The molecule has 1 amide bonds. The summed E-state index contributed by atoms with van der Waals surface area (Å²) >= 11 is 0. The molecule has 0 saturated carbocycles. The van der Waals surface area contributed by atoms with Crippen molar-refractivity contribution >= 4 is 29.7 Å². The van der Waals surface area contributed by atoms with Gasteiger partial charge in [0.1, 0.15) is 29.7 Å². The topological polar surface area (TPSA) is 76.1 Å². The van der Waals surface area contributed by atoms with Crippen molar-refractivity contribution in [1.82, 2.24) is 9.97 Å². The molecule has 2 N–H and O–H groups in total. The Kier molecular flexibility index (Phi) is 9.80. The number of allylic oxidation sites excluding steroid dienone is 4. The van der Waals surface area contributed by atoms with Crippen LogP contribution in [-0.4, -0.2) is 47.6 Å². The number of quaternary nitrogens is 1. The van der Waals surface area contributed by atoms with Gasteiger partial charge >= 0.3 is 0 Å². The van der Waals surface area contributed by atoms with Gasteiger partial charge in [0.05, 0.1) is 44.7 Å². The first kappa shape index (κ1) is 27.9. The minimum Gasteiger partial charge on any atom is -0.497 e. The molecule has 2 heterocycles. The number of rotatable bonds is 11. The maximum absolute atomic E-state index is 12.8. The Hall–Kier alpha value is -3.71. The fourth-order valence-electron chi connectivity index (χ4n) is 4.11. The predicted molar refractivity (Wildman–Crippen MR) is 152 cm³/mol. The van der Waals surface area contributed by atoms with E-state index in [9.17, 15) is 4.79 Å². The second-order valence-electron chi connectivity index (χ2n) is 9.47. The molecule has 0 aliphatic carbocycles. The van der Waals surface area contributed by atoms with Gasteiger partial charge in [0.2, 0.25) is 5.91 Å². The Labute approximate surface area is 220 Å². The number of methoxy groups -OCH3 is 1. The standard InChI is InChI=1S/C30H39N5O2/c1-7-11-23(14-15-26(8-2)37-6)18-30(36)33-25-13-10-12-24(19-25)22(4)32-29-20-31-28-21-35(5,9-3)17-16-27(28)34-29/h8,10-16,19-22H,7,9,17-18H2,1-6H3,(H-,32,33,34,36)/p+1/b15-14-,23-11-,26-8+. The van der Waals surface area contributed by atoms with Crippen molar-refractivity contribution in [1.29, 1.82) is 0 Å². The average molecular weight is 503 g/mol. The molecule has 1 aliphatic rings. The summed E-state index contributed by atoms with van der Waals surface area (Å²) in [6.07, 6.45) is 15.0. The highest BCUT2D eigenvalue weighted by molar-refractivity contribution is 5.92. The molecule has 1 aromatic heterocycles. The zero-order chi connectivity index (χ0) is 26.8. The van der Waals surface area contributed by atoms with Crippen LogP contribution in [-0.2, 0) is 9.53 Å². The smallest absolute Gasteiger partial charge is 0.228 e. The molecule has 0 bridgehead atoms. The van der Waals surface area contributed by atoms with E-state index in [1.165, 1.54) is 0 Å². The number of fused-ring (bicyclic) bond motifs is 1. The number of nitrogens with zero attached hydrogens (tertiary/aromatic N) is 3. The number of ether oxygens (including phenoxy) is 1. The number of benzene rings is 1. The largest absolute Gasteiger partial charge is 0.497 e. The minimum absolute atomic E-state index is 0.0137. The maximum atomic E-state index is 12.8. The maximum Gasteiger partial charge on any atom is 0.228 e. The lowest BCUT2D eigenvalue weighted by Gasteiger charge is -2.28. The summed E-state index contributed by atoms with van der Waals surface area (Å²) < 4.78 is 6.11. The van der Waals surface area contributed by atoms with Crippen molar-refractivity contribution in [2.24, 2.45) is 0 Å². The van der Waals surface area contributed by atoms with E-state index in [4.69, 9.17) is 9.72 Å². The van der Waals surface area contributed by atoms with Crippen LogP contribution in [0.4, 0.5) is 11.5 Å². The molecular weight excluding hydrogens is 462 g/mol. The number of nitrogens with one attached hydrogen (secondary N) is 2. The Morgan fingerprint density at radius 3 is 2.76 bits per heavy atom. The molecule has 0 radical (unpaired) electrons. The van der Waals surface area contributed by atoms with Gasteiger partial charge in [-0.15, -0.1) is 0 Å². The van der Waals surface area contributed by atoms with Crippen molar-refractivity contribution in [3.63, 3.8) is 0 Å². The number of aromatic nitrogens is 2. The molecule has 7 heteroatoms. The predicted octanol–water partition coefficient (Wildman–Crippen LogP) is 4.42. The lowest BCUT2D eigenvalue weighted by Crippen LogP contribution is -2.48. The highest BCUT2D eigenvalue weighted by Crippen LogP contribution is 2.21. The average Bonchev–Trinajstić information content (AvgIpc) is 2.89. The fraction of sp³-hybridized carbons (Fsp3) is 0.367. The van der Waals surface area contributed by atoms with Gasteiger partial charge in [0.25, 0.3) is 0 Å². The molecule has 1 aliphatic heterocycles. The number of amides is 1. The highest BCUT2D eigenvalue weighted by Gasteiger charge is 2.19. The van der Waals surface area contributed by atoms with Crippen molar-refractivity contribution in [3.8, 4) is 0 Å². The van der Waals surface area contributed by atoms with Crippen LogP contribution in [0.3, 0.4) is 0 Å². The van der Waals surface area contributed by atoms with E-state index in [-0.39, 0.29) is 18.4 Å². The van der Waals surface area contributed by atoms with E-state index in [0.29, 0.717) is 0 Å². The zero-order valence-corrected chi connectivity index (χ0v) is 22.9. The van der Waals surface area contributed by atoms with E-state index < -0.39 is 0 Å². The molecule has 2 aromatic rings. The van der Waals surface area contributed by atoms with Crippen LogP contribution >= 0.6 is 0 Å². The van der Waals surface area contributed by atoms with E-state index in [1.54, 1.807) is 13.3 Å². The lowest BCUT2D eigenvalue weighted by molar-refractivity contribution is -0.822. The van der Waals surface area contributed by atoms with E-state index in [2.05, 4.69) is 61.8 Å². The summed E-state index contributed by atoms with van der Waals surface area (Å²) in [6.45, 7) is 10.1. The summed E-state index contributed by atoms with van der Waals surface area (Å²) in [5.41, 5.74) is 2.75. The van der Waals surface area contributed by atoms with Gasteiger partial charge < -0.3 is 15.4 Å². The van der Waals surface area contributed by atoms with Crippen LogP contribution in [0.1, 0.15) is 52.1 Å². The first-order valence-electron chi connectivity index (χ1n) is 12.9. The fourth-order valence-corrected chi connectivity index (χ4v) is 4.11. The zero-order valence-electron chi connectivity index (χ0n) is 22.9. The van der Waals surface area contributed by atoms with Crippen LogP contribution < -0.4 is 21.3 Å². The van der Waals surface area contributed by atoms with Crippen molar-refractivity contribution in [3.05, 3.63) is 82.4 Å². The Balaban J connectivity index is 1.67. The SMILES string of the molecule is C\C=C(/C=C\C(=C\CC)CC(=O)Nc1cccc(C(C)Nc2cnc3c(n2)=CC[N+](C)(CC)C=3)c1)OC. The second kappa shape index (κ2) is 13.0. The summed E-state index contributed by atoms with van der Waals surface area (Å²) in [5, 5.41) is 8.32. The molecule has 0 spiro atoms. The van der Waals surface area contributed by atoms with Gasteiger partial charge in [-0.05, 0) is 68.7 Å². The second-order valence-corrected chi connectivity index (χ2v) is 9.47. The Morgan fingerprint density at radius 1 is 1.24 bits per heavy atom. The Bertz CT molecular complexity index is 1310. The van der Waals surface area contributed by atoms with Crippen LogP contribution in [0.5, 0.6) is 0 Å². The number of carbonyl (C=O) groups excluding carboxylic acids is 1. The molecule has 0 saturated heterocycles. The van der Waals surface area contributed by atoms with Crippen LogP contribution in [0.15, 0.2) is 66.1 Å². The Morgan fingerprint density at radius 2 is 2.05 bits per heavy atom. The number of anilines is 2. The highest BCUT2D eigenvalue weighted by atomic mass is 16.5. The lowest BCUT2D eigenvalue weighted by atomic mass is 10.1.